The van der Waals surface area contributed by atoms with Gasteiger partial charge in [-0.25, -0.2) is 0 Å². The average Bonchev–Trinajstić information content (AvgIpc) is 3.29. The Morgan fingerprint density at radius 1 is 1.02 bits per heavy atom. The van der Waals surface area contributed by atoms with Gasteiger partial charge in [0.15, 0.2) is 16.7 Å². The Morgan fingerprint density at radius 3 is 2.38 bits per heavy atom. The Bertz CT molecular complexity index is 1450. The molecule has 3 aromatic carbocycles. The van der Waals surface area contributed by atoms with Gasteiger partial charge in [0, 0.05) is 15.6 Å². The van der Waals surface area contributed by atoms with Gasteiger partial charge in [-0.3, -0.25) is 14.7 Å². The van der Waals surface area contributed by atoms with Gasteiger partial charge in [-0.05, 0) is 96.4 Å². The number of hydrogen-bond acceptors (Lipinski definition) is 8. The van der Waals surface area contributed by atoms with E-state index in [2.05, 4.69) is 26.1 Å². The minimum Gasteiger partial charge on any atom is -0.494 e. The molecule has 0 fully saturated rings. The third-order valence-corrected chi connectivity index (χ3v) is 7.79. The monoisotopic (exact) mass is 646 g/mol. The highest BCUT2D eigenvalue weighted by molar-refractivity contribution is 9.10. The van der Waals surface area contributed by atoms with E-state index in [4.69, 9.17) is 25.8 Å². The summed E-state index contributed by atoms with van der Waals surface area (Å²) < 4.78 is 20.0. The normalized spacial score (nSPS) is 11.7. The topological polar surface area (TPSA) is 102 Å². The summed E-state index contributed by atoms with van der Waals surface area (Å²) >= 11 is 10.9. The third kappa shape index (κ3) is 7.47. The third-order valence-electron chi connectivity index (χ3n) is 5.76. The molecule has 12 heteroatoms. The predicted octanol–water partition coefficient (Wildman–Crippen LogP) is 7.48. The van der Waals surface area contributed by atoms with Crippen LogP contribution in [0.25, 0.3) is 5.69 Å². The van der Waals surface area contributed by atoms with Gasteiger partial charge in [0.05, 0.1) is 17.7 Å². The zero-order valence-corrected chi connectivity index (χ0v) is 25.3. The van der Waals surface area contributed by atoms with Gasteiger partial charge >= 0.3 is 0 Å². The smallest absolute Gasteiger partial charge is 0.220 e. The molecule has 9 nitrogen and oxygen atoms in total. The first-order valence-electron chi connectivity index (χ1n) is 12.6. The number of nitrogens with zero attached hydrogens (tertiary/aromatic N) is 4. The van der Waals surface area contributed by atoms with Crippen LogP contribution in [0.3, 0.4) is 0 Å². The summed E-state index contributed by atoms with van der Waals surface area (Å²) in [5.41, 5.74) is 2.46. The van der Waals surface area contributed by atoms with Gasteiger partial charge in [0.25, 0.3) is 0 Å². The van der Waals surface area contributed by atoms with Crippen molar-refractivity contribution in [3.05, 3.63) is 97.2 Å². The fourth-order valence-electron chi connectivity index (χ4n) is 3.96. The van der Waals surface area contributed by atoms with Crippen LogP contribution in [-0.4, -0.2) is 39.4 Å². The van der Waals surface area contributed by atoms with E-state index >= 15 is 0 Å². The van der Waals surface area contributed by atoms with E-state index < -0.39 is 5.25 Å². The molecule has 0 saturated heterocycles. The fraction of sp³-hybridized carbons (Fsp3) is 0.286. The lowest BCUT2D eigenvalue weighted by atomic mass is 10.1. The molecule has 1 aromatic heterocycles. The van der Waals surface area contributed by atoms with Crippen molar-refractivity contribution in [3.8, 4) is 22.9 Å². The maximum atomic E-state index is 11.7. The van der Waals surface area contributed by atoms with Gasteiger partial charge in [-0.1, -0.05) is 35.5 Å². The Hall–Kier alpha value is -3.28. The number of benzene rings is 3. The quantitative estimate of drug-likeness (QED) is 0.0837. The van der Waals surface area contributed by atoms with Crippen LogP contribution in [0.1, 0.15) is 36.0 Å². The number of ether oxygens (including phenoxy) is 3. The van der Waals surface area contributed by atoms with Crippen LogP contribution < -0.4 is 14.2 Å². The summed E-state index contributed by atoms with van der Waals surface area (Å²) in [6.45, 7) is 6.57. The first-order chi connectivity index (χ1) is 19.3. The minimum absolute atomic E-state index is 0.298. The molecule has 1 atom stereocenters. The minimum atomic E-state index is -0.583. The standard InChI is InChI=1S/C28H28BrClN4O5S/c1-4-37-23-12-10-22(11-13-23)34-18(3)31-32-28(34)40-26(16-33(35)36)20-14-24(29)27(25(15-20)38-5-2)39-17-19-6-8-21(30)9-7-19/h6-15,26H,4-5,16-17H2,1-3H3/t26-/m0/s1. The fourth-order valence-corrected chi connectivity index (χ4v) is 5.81. The van der Waals surface area contributed by atoms with Crippen LogP contribution >= 0.6 is 39.3 Å². The summed E-state index contributed by atoms with van der Waals surface area (Å²) in [6, 6.07) is 18.5. The first-order valence-corrected chi connectivity index (χ1v) is 14.6. The highest BCUT2D eigenvalue weighted by atomic mass is 79.9. The first kappa shape index (κ1) is 29.7. The van der Waals surface area contributed by atoms with Crippen LogP contribution in [0.2, 0.25) is 5.02 Å². The summed E-state index contributed by atoms with van der Waals surface area (Å²) in [4.78, 5) is 11.4. The molecule has 0 aliphatic carbocycles. The molecule has 0 radical (unpaired) electrons. The maximum absolute atomic E-state index is 11.7. The van der Waals surface area contributed by atoms with Crippen LogP contribution in [0, 0.1) is 17.0 Å². The number of aromatic nitrogens is 3. The van der Waals surface area contributed by atoms with Crippen molar-refractivity contribution in [2.75, 3.05) is 19.8 Å². The number of rotatable bonds is 13. The molecule has 0 aliphatic heterocycles. The highest BCUT2D eigenvalue weighted by Gasteiger charge is 2.26. The van der Waals surface area contributed by atoms with Crippen molar-refractivity contribution in [1.82, 2.24) is 14.8 Å². The molecule has 1 heterocycles. The molecule has 0 aliphatic rings. The Kier molecular flexibility index (Phi) is 10.3. The van der Waals surface area contributed by atoms with Crippen LogP contribution in [-0.2, 0) is 6.61 Å². The van der Waals surface area contributed by atoms with E-state index in [9.17, 15) is 10.1 Å². The van der Waals surface area contributed by atoms with E-state index in [-0.39, 0.29) is 11.5 Å². The van der Waals surface area contributed by atoms with E-state index in [1.54, 1.807) is 18.2 Å². The van der Waals surface area contributed by atoms with Gasteiger partial charge in [-0.2, -0.15) is 0 Å². The summed E-state index contributed by atoms with van der Waals surface area (Å²) in [5.74, 6) is 2.41. The second-order valence-corrected chi connectivity index (χ2v) is 11.1. The van der Waals surface area contributed by atoms with Crippen molar-refractivity contribution in [2.45, 2.75) is 37.8 Å². The molecule has 4 aromatic rings. The predicted molar refractivity (Wildman–Crippen MR) is 159 cm³/mol. The van der Waals surface area contributed by atoms with Crippen LogP contribution in [0.4, 0.5) is 0 Å². The van der Waals surface area contributed by atoms with Gasteiger partial charge < -0.3 is 14.2 Å². The average molecular weight is 648 g/mol. The molecule has 0 saturated carbocycles. The van der Waals surface area contributed by atoms with Gasteiger partial charge in [0.2, 0.25) is 6.54 Å². The van der Waals surface area contributed by atoms with E-state index in [1.807, 2.05) is 67.8 Å². The summed E-state index contributed by atoms with van der Waals surface area (Å²) in [5, 5.41) is 20.9. The lowest BCUT2D eigenvalue weighted by molar-refractivity contribution is -0.479. The van der Waals surface area contributed by atoms with Crippen molar-refractivity contribution < 1.29 is 19.1 Å². The molecule has 40 heavy (non-hydrogen) atoms. The lowest BCUT2D eigenvalue weighted by Crippen LogP contribution is -2.12. The van der Waals surface area contributed by atoms with E-state index in [0.29, 0.717) is 57.4 Å². The molecular formula is C28H28BrClN4O5S. The van der Waals surface area contributed by atoms with E-state index in [0.717, 1.165) is 17.0 Å². The second-order valence-electron chi connectivity index (χ2n) is 8.59. The summed E-state index contributed by atoms with van der Waals surface area (Å²) in [6.07, 6.45) is 0. The molecule has 0 unspecified atom stereocenters. The van der Waals surface area contributed by atoms with Gasteiger partial charge in [0.1, 0.15) is 23.4 Å². The second kappa shape index (κ2) is 13.9. The van der Waals surface area contributed by atoms with Crippen LogP contribution in [0.5, 0.6) is 17.2 Å². The molecule has 0 amide bonds. The van der Waals surface area contributed by atoms with E-state index in [1.165, 1.54) is 11.8 Å². The molecule has 0 bridgehead atoms. The Labute approximate surface area is 250 Å². The molecule has 210 valence electrons. The zero-order valence-electron chi connectivity index (χ0n) is 22.2. The lowest BCUT2D eigenvalue weighted by Gasteiger charge is -2.19. The summed E-state index contributed by atoms with van der Waals surface area (Å²) in [7, 11) is 0. The van der Waals surface area contributed by atoms with Crippen molar-refractivity contribution >= 4 is 39.3 Å². The molecular weight excluding hydrogens is 620 g/mol. The largest absolute Gasteiger partial charge is 0.494 e. The number of halogens is 2. The Balaban J connectivity index is 1.64. The highest BCUT2D eigenvalue weighted by Crippen LogP contribution is 2.43. The van der Waals surface area contributed by atoms with Crippen LogP contribution in [0.15, 0.2) is 70.3 Å². The Morgan fingerprint density at radius 2 is 1.73 bits per heavy atom. The molecule has 4 rings (SSSR count). The maximum Gasteiger partial charge on any atom is 0.220 e. The number of aryl methyl sites for hydroxylation is 1. The van der Waals surface area contributed by atoms with Crippen molar-refractivity contribution in [1.29, 1.82) is 0 Å². The van der Waals surface area contributed by atoms with Crippen molar-refractivity contribution in [2.24, 2.45) is 0 Å². The zero-order chi connectivity index (χ0) is 28.6. The number of hydrogen-bond donors (Lipinski definition) is 0. The number of thioether (sulfide) groups is 1. The molecule has 0 N–H and O–H groups in total. The van der Waals surface area contributed by atoms with Crippen molar-refractivity contribution in [3.63, 3.8) is 0 Å². The number of nitro groups is 1. The molecule has 0 spiro atoms. The SMILES string of the molecule is CCOc1ccc(-n2c(C)nnc2S[C@@H](C[N+](=O)[O-])c2cc(Br)c(OCc3ccc(Cl)cc3)c(OCC)c2)cc1. The van der Waals surface area contributed by atoms with Gasteiger partial charge in [-0.15, -0.1) is 10.2 Å².